The van der Waals surface area contributed by atoms with Crippen LogP contribution in [0.2, 0.25) is 0 Å². The lowest BCUT2D eigenvalue weighted by molar-refractivity contribution is 0.311. The van der Waals surface area contributed by atoms with Gasteiger partial charge in [-0.25, -0.2) is 4.52 Å². The van der Waals surface area contributed by atoms with Crippen LogP contribution in [0.4, 0.5) is 5.95 Å². The Kier molecular flexibility index (Phi) is 2.64. The van der Waals surface area contributed by atoms with Gasteiger partial charge in [-0.15, -0.1) is 5.10 Å². The van der Waals surface area contributed by atoms with E-state index in [1.807, 2.05) is 18.3 Å². The first-order valence-corrected chi connectivity index (χ1v) is 4.96. The third kappa shape index (κ3) is 1.71. The average Bonchev–Trinajstić information content (AvgIpc) is 2.59. The lowest BCUT2D eigenvalue weighted by Crippen LogP contribution is -2.06. The van der Waals surface area contributed by atoms with E-state index >= 15 is 0 Å². The minimum atomic E-state index is 0.0662. The third-order valence-electron chi connectivity index (χ3n) is 1.71. The largest absolute Gasteiger partial charge is 0.395 e. The van der Waals surface area contributed by atoms with Crippen LogP contribution in [-0.4, -0.2) is 32.9 Å². The molecule has 2 aromatic heterocycles. The topological polar surface area (TPSA) is 62.5 Å². The molecular formula is C8H9BrN4O. The van der Waals surface area contributed by atoms with Crippen molar-refractivity contribution in [2.45, 2.75) is 0 Å². The molecule has 0 unspecified atom stereocenters. The zero-order chi connectivity index (χ0) is 9.97. The van der Waals surface area contributed by atoms with E-state index in [1.165, 1.54) is 0 Å². The van der Waals surface area contributed by atoms with E-state index in [2.05, 4.69) is 31.3 Å². The summed E-state index contributed by atoms with van der Waals surface area (Å²) in [4.78, 5) is 4.23. The Bertz CT molecular complexity index is 442. The molecule has 0 saturated heterocycles. The van der Waals surface area contributed by atoms with Gasteiger partial charge in [0, 0.05) is 12.7 Å². The number of halogens is 1. The SMILES string of the molecule is OCCNc1nc2c(Br)cccn2n1. The standard InChI is InChI=1S/C8H9BrN4O/c9-6-2-1-4-13-7(6)11-8(12-13)10-3-5-14/h1-2,4,14H,3,5H2,(H,10,12). The highest BCUT2D eigenvalue weighted by Crippen LogP contribution is 2.16. The summed E-state index contributed by atoms with van der Waals surface area (Å²) in [7, 11) is 0. The maximum atomic E-state index is 8.62. The quantitative estimate of drug-likeness (QED) is 0.857. The molecule has 0 saturated carbocycles. The number of hydrogen-bond donors (Lipinski definition) is 2. The highest BCUT2D eigenvalue weighted by molar-refractivity contribution is 9.10. The molecule has 2 rings (SSSR count). The summed E-state index contributed by atoms with van der Waals surface area (Å²) in [6.45, 7) is 0.519. The van der Waals surface area contributed by atoms with Gasteiger partial charge in [0.1, 0.15) is 0 Å². The van der Waals surface area contributed by atoms with Crippen molar-refractivity contribution < 1.29 is 5.11 Å². The van der Waals surface area contributed by atoms with Crippen LogP contribution < -0.4 is 5.32 Å². The van der Waals surface area contributed by atoms with Gasteiger partial charge >= 0.3 is 0 Å². The summed E-state index contributed by atoms with van der Waals surface area (Å²) in [5, 5.41) is 15.7. The number of hydrogen-bond acceptors (Lipinski definition) is 4. The van der Waals surface area contributed by atoms with Crippen LogP contribution in [0.5, 0.6) is 0 Å². The summed E-state index contributed by atoms with van der Waals surface area (Å²) < 4.78 is 2.56. The maximum absolute atomic E-state index is 8.62. The molecule has 5 nitrogen and oxygen atoms in total. The van der Waals surface area contributed by atoms with Crippen molar-refractivity contribution in [3.05, 3.63) is 22.8 Å². The molecule has 0 atom stereocenters. The second-order valence-electron chi connectivity index (χ2n) is 2.71. The first-order chi connectivity index (χ1) is 6.81. The Balaban J connectivity index is 2.36. The Labute approximate surface area is 88.9 Å². The van der Waals surface area contributed by atoms with E-state index in [9.17, 15) is 0 Å². The van der Waals surface area contributed by atoms with Crippen LogP contribution in [-0.2, 0) is 0 Å². The van der Waals surface area contributed by atoms with E-state index < -0.39 is 0 Å². The Hall–Kier alpha value is -1.14. The van der Waals surface area contributed by atoms with Crippen molar-refractivity contribution in [2.75, 3.05) is 18.5 Å². The van der Waals surface area contributed by atoms with Crippen LogP contribution in [0.15, 0.2) is 22.8 Å². The van der Waals surface area contributed by atoms with E-state index in [0.717, 1.165) is 10.1 Å². The number of aliphatic hydroxyl groups is 1. The van der Waals surface area contributed by atoms with Crippen LogP contribution in [0.1, 0.15) is 0 Å². The molecule has 2 aromatic rings. The number of rotatable bonds is 3. The first kappa shape index (κ1) is 9.42. The lowest BCUT2D eigenvalue weighted by atomic mass is 10.5. The minimum Gasteiger partial charge on any atom is -0.395 e. The second-order valence-corrected chi connectivity index (χ2v) is 3.56. The van der Waals surface area contributed by atoms with Crippen molar-refractivity contribution in [1.29, 1.82) is 0 Å². The highest BCUT2D eigenvalue weighted by Gasteiger charge is 2.04. The molecular weight excluding hydrogens is 248 g/mol. The zero-order valence-corrected chi connectivity index (χ0v) is 8.90. The summed E-state index contributed by atoms with van der Waals surface area (Å²) in [5.41, 5.74) is 0.757. The highest BCUT2D eigenvalue weighted by atomic mass is 79.9. The summed E-state index contributed by atoms with van der Waals surface area (Å²) in [6, 6.07) is 3.78. The summed E-state index contributed by atoms with van der Waals surface area (Å²) in [6.07, 6.45) is 1.82. The van der Waals surface area contributed by atoms with Gasteiger partial charge in [0.25, 0.3) is 0 Å². The number of anilines is 1. The van der Waals surface area contributed by atoms with Crippen LogP contribution in [0, 0.1) is 0 Å². The number of pyridine rings is 1. The molecule has 74 valence electrons. The molecule has 0 fully saturated rings. The van der Waals surface area contributed by atoms with Gasteiger partial charge in [-0.3, -0.25) is 0 Å². The molecule has 2 N–H and O–H groups in total. The van der Waals surface area contributed by atoms with Crippen LogP contribution in [0.25, 0.3) is 5.65 Å². The van der Waals surface area contributed by atoms with Crippen molar-refractivity contribution in [1.82, 2.24) is 14.6 Å². The van der Waals surface area contributed by atoms with Gasteiger partial charge in [0.15, 0.2) is 5.65 Å². The fraction of sp³-hybridized carbons (Fsp3) is 0.250. The molecule has 0 bridgehead atoms. The van der Waals surface area contributed by atoms with E-state index in [0.29, 0.717) is 12.5 Å². The molecule has 0 aliphatic carbocycles. The Morgan fingerprint density at radius 1 is 1.57 bits per heavy atom. The van der Waals surface area contributed by atoms with Gasteiger partial charge in [0.2, 0.25) is 5.95 Å². The van der Waals surface area contributed by atoms with Crippen molar-refractivity contribution >= 4 is 27.5 Å². The first-order valence-electron chi connectivity index (χ1n) is 4.17. The molecule has 0 aliphatic rings. The monoisotopic (exact) mass is 256 g/mol. The van der Waals surface area contributed by atoms with Gasteiger partial charge in [0.05, 0.1) is 11.1 Å². The van der Waals surface area contributed by atoms with E-state index in [4.69, 9.17) is 5.11 Å². The normalized spacial score (nSPS) is 10.7. The fourth-order valence-corrected chi connectivity index (χ4v) is 1.54. The second kappa shape index (κ2) is 3.93. The molecule has 2 heterocycles. The molecule has 0 aliphatic heterocycles. The van der Waals surface area contributed by atoms with E-state index in [-0.39, 0.29) is 6.61 Å². The maximum Gasteiger partial charge on any atom is 0.243 e. The molecule has 0 aromatic carbocycles. The molecule has 14 heavy (non-hydrogen) atoms. The molecule has 6 heteroatoms. The predicted molar refractivity (Wildman–Crippen MR) is 56.3 cm³/mol. The van der Waals surface area contributed by atoms with Gasteiger partial charge in [-0.05, 0) is 28.1 Å². The molecule has 0 spiro atoms. The molecule has 0 amide bonds. The number of aromatic nitrogens is 3. The summed E-state index contributed by atoms with van der Waals surface area (Å²) in [5.74, 6) is 0.519. The number of nitrogens with zero attached hydrogens (tertiary/aromatic N) is 3. The van der Waals surface area contributed by atoms with Crippen molar-refractivity contribution in [2.24, 2.45) is 0 Å². The average molecular weight is 257 g/mol. The zero-order valence-electron chi connectivity index (χ0n) is 7.31. The van der Waals surface area contributed by atoms with E-state index in [1.54, 1.807) is 4.52 Å². The number of nitrogens with one attached hydrogen (secondary N) is 1. The van der Waals surface area contributed by atoms with Gasteiger partial charge in [-0.1, -0.05) is 0 Å². The Morgan fingerprint density at radius 3 is 3.14 bits per heavy atom. The Morgan fingerprint density at radius 2 is 2.43 bits per heavy atom. The van der Waals surface area contributed by atoms with Crippen molar-refractivity contribution in [3.63, 3.8) is 0 Å². The summed E-state index contributed by atoms with van der Waals surface area (Å²) >= 11 is 3.38. The van der Waals surface area contributed by atoms with Crippen LogP contribution in [0.3, 0.4) is 0 Å². The van der Waals surface area contributed by atoms with Gasteiger partial charge < -0.3 is 10.4 Å². The van der Waals surface area contributed by atoms with Gasteiger partial charge in [-0.2, -0.15) is 4.98 Å². The molecule has 0 radical (unpaired) electrons. The number of aliphatic hydroxyl groups excluding tert-OH is 1. The van der Waals surface area contributed by atoms with Crippen LogP contribution >= 0.6 is 15.9 Å². The predicted octanol–water partition coefficient (Wildman–Crippen LogP) is 0.896. The van der Waals surface area contributed by atoms with Crippen molar-refractivity contribution in [3.8, 4) is 0 Å². The smallest absolute Gasteiger partial charge is 0.243 e. The number of fused-ring (bicyclic) bond motifs is 1. The third-order valence-corrected chi connectivity index (χ3v) is 2.33. The lowest BCUT2D eigenvalue weighted by Gasteiger charge is -1.94. The minimum absolute atomic E-state index is 0.0662. The fourth-order valence-electron chi connectivity index (χ4n) is 1.12.